The second-order valence-electron chi connectivity index (χ2n) is 5.11. The lowest BCUT2D eigenvalue weighted by Gasteiger charge is -2.16. The van der Waals surface area contributed by atoms with Crippen LogP contribution in [0, 0.1) is 6.92 Å². The van der Waals surface area contributed by atoms with Crippen LogP contribution >= 0.6 is 0 Å². The Morgan fingerprint density at radius 2 is 1.91 bits per heavy atom. The number of aryl methyl sites for hydroxylation is 1. The SMILES string of the molecule is Cc1cccc(N(C)C(=O)c2cc(-c3ccncc3)n[nH]2)c1. The van der Waals surface area contributed by atoms with Gasteiger partial charge in [0.05, 0.1) is 5.69 Å². The Morgan fingerprint density at radius 3 is 2.64 bits per heavy atom. The van der Waals surface area contributed by atoms with E-state index in [-0.39, 0.29) is 5.91 Å². The lowest BCUT2D eigenvalue weighted by Crippen LogP contribution is -2.26. The number of hydrogen-bond donors (Lipinski definition) is 1. The number of benzene rings is 1. The van der Waals surface area contributed by atoms with Crippen molar-refractivity contribution in [2.75, 3.05) is 11.9 Å². The van der Waals surface area contributed by atoms with Crippen LogP contribution in [0.2, 0.25) is 0 Å². The van der Waals surface area contributed by atoms with Gasteiger partial charge >= 0.3 is 0 Å². The van der Waals surface area contributed by atoms with E-state index in [0.29, 0.717) is 5.69 Å². The van der Waals surface area contributed by atoms with Gasteiger partial charge in [-0.1, -0.05) is 12.1 Å². The van der Waals surface area contributed by atoms with Crippen LogP contribution in [0.1, 0.15) is 16.1 Å². The number of rotatable bonds is 3. The van der Waals surface area contributed by atoms with Gasteiger partial charge < -0.3 is 4.90 Å². The van der Waals surface area contributed by atoms with Gasteiger partial charge in [-0.15, -0.1) is 0 Å². The number of amides is 1. The molecule has 0 fully saturated rings. The number of carbonyl (C=O) groups excluding carboxylic acids is 1. The minimum Gasteiger partial charge on any atom is -0.310 e. The highest BCUT2D eigenvalue weighted by Crippen LogP contribution is 2.20. The van der Waals surface area contributed by atoms with Crippen molar-refractivity contribution in [3.63, 3.8) is 0 Å². The first-order chi connectivity index (χ1) is 10.6. The lowest BCUT2D eigenvalue weighted by molar-refractivity contribution is 0.0988. The zero-order chi connectivity index (χ0) is 15.5. The molecule has 3 rings (SSSR count). The molecule has 5 nitrogen and oxygen atoms in total. The normalized spacial score (nSPS) is 10.5. The van der Waals surface area contributed by atoms with Crippen molar-refractivity contribution >= 4 is 11.6 Å². The van der Waals surface area contributed by atoms with Gasteiger partial charge in [-0.2, -0.15) is 5.10 Å². The highest BCUT2D eigenvalue weighted by Gasteiger charge is 2.16. The summed E-state index contributed by atoms with van der Waals surface area (Å²) in [6.07, 6.45) is 3.40. The van der Waals surface area contributed by atoms with E-state index in [9.17, 15) is 4.79 Å². The number of aromatic nitrogens is 3. The average Bonchev–Trinajstić information content (AvgIpc) is 3.04. The summed E-state index contributed by atoms with van der Waals surface area (Å²) in [5.41, 5.74) is 4.06. The average molecular weight is 292 g/mol. The molecule has 1 amide bonds. The van der Waals surface area contributed by atoms with E-state index in [1.807, 2.05) is 43.3 Å². The molecular formula is C17H16N4O. The first-order valence-electron chi connectivity index (χ1n) is 6.95. The Kier molecular flexibility index (Phi) is 3.70. The van der Waals surface area contributed by atoms with Crippen LogP contribution in [0.15, 0.2) is 54.9 Å². The molecule has 22 heavy (non-hydrogen) atoms. The molecule has 0 saturated carbocycles. The number of aromatic amines is 1. The molecule has 0 aliphatic carbocycles. The van der Waals surface area contributed by atoms with Crippen LogP contribution in [0.3, 0.4) is 0 Å². The fourth-order valence-corrected chi connectivity index (χ4v) is 2.24. The molecule has 5 heteroatoms. The Bertz CT molecular complexity index is 795. The highest BCUT2D eigenvalue weighted by molar-refractivity contribution is 6.04. The molecule has 1 N–H and O–H groups in total. The maximum atomic E-state index is 12.5. The molecule has 2 aromatic heterocycles. The predicted molar refractivity (Wildman–Crippen MR) is 85.7 cm³/mol. The summed E-state index contributed by atoms with van der Waals surface area (Å²) in [5.74, 6) is -0.126. The van der Waals surface area contributed by atoms with Gasteiger partial charge in [0.1, 0.15) is 5.69 Å². The number of H-pyrrole nitrogens is 1. The van der Waals surface area contributed by atoms with E-state index in [0.717, 1.165) is 22.5 Å². The van der Waals surface area contributed by atoms with E-state index in [1.165, 1.54) is 0 Å². The maximum absolute atomic E-state index is 12.5. The Balaban J connectivity index is 1.85. The maximum Gasteiger partial charge on any atom is 0.276 e. The molecule has 0 radical (unpaired) electrons. The van der Waals surface area contributed by atoms with Gasteiger partial charge in [0.15, 0.2) is 0 Å². The quantitative estimate of drug-likeness (QED) is 0.807. The topological polar surface area (TPSA) is 61.9 Å². The molecule has 3 aromatic rings. The van der Waals surface area contributed by atoms with Crippen LogP contribution in [0.25, 0.3) is 11.3 Å². The van der Waals surface area contributed by atoms with E-state index in [4.69, 9.17) is 0 Å². The zero-order valence-corrected chi connectivity index (χ0v) is 12.4. The fraction of sp³-hybridized carbons (Fsp3) is 0.118. The molecule has 110 valence electrons. The summed E-state index contributed by atoms with van der Waals surface area (Å²) >= 11 is 0. The third-order valence-electron chi connectivity index (χ3n) is 3.48. The zero-order valence-electron chi connectivity index (χ0n) is 12.4. The fourth-order valence-electron chi connectivity index (χ4n) is 2.24. The first kappa shape index (κ1) is 14.0. The number of nitrogens with zero attached hydrogens (tertiary/aromatic N) is 3. The first-order valence-corrected chi connectivity index (χ1v) is 6.95. The Morgan fingerprint density at radius 1 is 1.14 bits per heavy atom. The van der Waals surface area contributed by atoms with Crippen LogP contribution in [-0.4, -0.2) is 28.1 Å². The number of anilines is 1. The standard InChI is InChI=1S/C17H16N4O/c1-12-4-3-5-14(10-12)21(2)17(22)16-11-15(19-20-16)13-6-8-18-9-7-13/h3-11H,1-2H3,(H,19,20). The lowest BCUT2D eigenvalue weighted by atomic mass is 10.2. The summed E-state index contributed by atoms with van der Waals surface area (Å²) < 4.78 is 0. The summed E-state index contributed by atoms with van der Waals surface area (Å²) in [7, 11) is 1.75. The summed E-state index contributed by atoms with van der Waals surface area (Å²) in [6, 6.07) is 13.3. The molecule has 0 spiro atoms. The molecule has 2 heterocycles. The highest BCUT2D eigenvalue weighted by atomic mass is 16.2. The third-order valence-corrected chi connectivity index (χ3v) is 3.48. The van der Waals surface area contributed by atoms with Crippen molar-refractivity contribution in [3.05, 3.63) is 66.1 Å². The number of nitrogens with one attached hydrogen (secondary N) is 1. The molecule has 0 saturated heterocycles. The van der Waals surface area contributed by atoms with Crippen molar-refractivity contribution < 1.29 is 4.79 Å². The minimum atomic E-state index is -0.126. The van der Waals surface area contributed by atoms with Gasteiger partial charge in [-0.05, 0) is 42.8 Å². The van der Waals surface area contributed by atoms with Crippen LogP contribution < -0.4 is 4.90 Å². The molecule has 1 aromatic carbocycles. The van der Waals surface area contributed by atoms with Gasteiger partial charge in [0, 0.05) is 30.7 Å². The van der Waals surface area contributed by atoms with Crippen molar-refractivity contribution in [2.24, 2.45) is 0 Å². The molecule has 0 unspecified atom stereocenters. The van der Waals surface area contributed by atoms with Gasteiger partial charge in [-0.25, -0.2) is 0 Å². The predicted octanol–water partition coefficient (Wildman–Crippen LogP) is 3.06. The van der Waals surface area contributed by atoms with E-state index < -0.39 is 0 Å². The van der Waals surface area contributed by atoms with Crippen molar-refractivity contribution in [1.29, 1.82) is 0 Å². The molecule has 0 aliphatic rings. The molecule has 0 atom stereocenters. The number of carbonyl (C=O) groups is 1. The van der Waals surface area contributed by atoms with Gasteiger partial charge in [0.25, 0.3) is 5.91 Å². The smallest absolute Gasteiger partial charge is 0.276 e. The Labute approximate surface area is 128 Å². The minimum absolute atomic E-state index is 0.126. The van der Waals surface area contributed by atoms with Crippen LogP contribution in [-0.2, 0) is 0 Å². The van der Waals surface area contributed by atoms with Gasteiger partial charge in [-0.3, -0.25) is 14.9 Å². The van der Waals surface area contributed by atoms with E-state index in [2.05, 4.69) is 15.2 Å². The largest absolute Gasteiger partial charge is 0.310 e. The van der Waals surface area contributed by atoms with Crippen molar-refractivity contribution in [1.82, 2.24) is 15.2 Å². The van der Waals surface area contributed by atoms with Crippen molar-refractivity contribution in [2.45, 2.75) is 6.92 Å². The number of hydrogen-bond acceptors (Lipinski definition) is 3. The summed E-state index contributed by atoms with van der Waals surface area (Å²) in [5, 5.41) is 7.01. The third kappa shape index (κ3) is 2.74. The van der Waals surface area contributed by atoms with E-state index >= 15 is 0 Å². The molecular weight excluding hydrogens is 276 g/mol. The monoisotopic (exact) mass is 292 g/mol. The van der Waals surface area contributed by atoms with Crippen LogP contribution in [0.5, 0.6) is 0 Å². The van der Waals surface area contributed by atoms with Crippen LogP contribution in [0.4, 0.5) is 5.69 Å². The number of pyridine rings is 1. The second kappa shape index (κ2) is 5.81. The van der Waals surface area contributed by atoms with Gasteiger partial charge in [0.2, 0.25) is 0 Å². The summed E-state index contributed by atoms with van der Waals surface area (Å²) in [6.45, 7) is 2.00. The van der Waals surface area contributed by atoms with Crippen molar-refractivity contribution in [3.8, 4) is 11.3 Å². The summed E-state index contributed by atoms with van der Waals surface area (Å²) in [4.78, 5) is 18.1. The second-order valence-corrected chi connectivity index (χ2v) is 5.11. The van der Waals surface area contributed by atoms with E-state index in [1.54, 1.807) is 30.4 Å². The Hall–Kier alpha value is -2.95. The molecule has 0 aliphatic heterocycles. The molecule has 0 bridgehead atoms.